The van der Waals surface area contributed by atoms with Crippen molar-refractivity contribution in [2.75, 3.05) is 37.8 Å². The van der Waals surface area contributed by atoms with Gasteiger partial charge in [-0.25, -0.2) is 28.6 Å². The summed E-state index contributed by atoms with van der Waals surface area (Å²) >= 11 is 1.07. The lowest BCUT2D eigenvalue weighted by Gasteiger charge is -2.30. The molecule has 28 heteroatoms. The van der Waals surface area contributed by atoms with Crippen LogP contribution in [0.25, 0.3) is 11.2 Å². The maximum atomic E-state index is 12.8. The Morgan fingerprint density at radius 3 is 1.76 bits per heavy atom. The highest BCUT2D eigenvalue weighted by molar-refractivity contribution is 8.14. The molecule has 3 heterocycles. The number of carbonyl (C=O) groups excluding carboxylic acids is 3. The smallest absolute Gasteiger partial charge is 0.386 e. The number of allylic oxidation sites excluding steroid dienone is 11. The summed E-state index contributed by atoms with van der Waals surface area (Å²) in [6.45, 7) is 2.67. The van der Waals surface area contributed by atoms with Gasteiger partial charge in [-0.1, -0.05) is 196 Å². The molecule has 3 rings (SSSR count). The molecular formula is C59H98N7O17P3S. The van der Waals surface area contributed by atoms with Crippen LogP contribution in [0.1, 0.15) is 188 Å². The Bertz CT molecular complexity index is 2650. The van der Waals surface area contributed by atoms with E-state index in [0.717, 1.165) is 80.4 Å². The number of hydrogen-bond acceptors (Lipinski definition) is 18. The molecule has 0 bridgehead atoms. The summed E-state index contributed by atoms with van der Waals surface area (Å²) in [6, 6.07) is 0. The maximum Gasteiger partial charge on any atom is 0.481 e. The molecule has 492 valence electrons. The quantitative estimate of drug-likeness (QED) is 0.0129. The van der Waals surface area contributed by atoms with Gasteiger partial charge >= 0.3 is 23.5 Å². The molecule has 87 heavy (non-hydrogen) atoms. The lowest BCUT2D eigenvalue weighted by atomic mass is 9.87. The van der Waals surface area contributed by atoms with E-state index < -0.39 is 84.6 Å². The summed E-state index contributed by atoms with van der Waals surface area (Å²) in [5.74, 6) is -1.10. The van der Waals surface area contributed by atoms with Gasteiger partial charge in [0.2, 0.25) is 16.9 Å². The van der Waals surface area contributed by atoms with Gasteiger partial charge in [0.15, 0.2) is 17.7 Å². The van der Waals surface area contributed by atoms with Gasteiger partial charge in [-0.2, -0.15) is 4.31 Å². The number of nitrogen functional groups attached to an aromatic ring is 1. The molecule has 1 saturated heterocycles. The van der Waals surface area contributed by atoms with Crippen molar-refractivity contribution in [3.63, 3.8) is 0 Å². The minimum atomic E-state index is -5.59. The number of unbranched alkanes of at least 4 members (excludes halogenated alkanes) is 18. The Morgan fingerprint density at radius 1 is 0.713 bits per heavy atom. The SMILES string of the molecule is CC/C=C\C/C=C\C/C=C\C/C=C\C/C=C\CCCCCCCCCCCCCCCCCCC/C=C/C(=O)SCCNC(=O)CCNC(=O)[C@H](O)C(C)(C)COP(=O)(O)OP(=O)(O)OC[C@H]1O[C@@H](n2cnc3c(N)ncnc32)[C@H](O)[C@@H]1OP(=O)(O)O. The van der Waals surface area contributed by atoms with Crippen LogP contribution in [0, 0.1) is 5.41 Å². The highest BCUT2D eigenvalue weighted by atomic mass is 32.2. The van der Waals surface area contributed by atoms with Crippen LogP contribution in [-0.2, 0) is 50.7 Å². The molecule has 2 aromatic heterocycles. The first-order valence-corrected chi connectivity index (χ1v) is 36.0. The van der Waals surface area contributed by atoms with Crippen LogP contribution in [0.4, 0.5) is 5.82 Å². The molecule has 2 unspecified atom stereocenters. The number of ether oxygens (including phenoxy) is 1. The fourth-order valence-electron chi connectivity index (χ4n) is 9.05. The largest absolute Gasteiger partial charge is 0.481 e. The van der Waals surface area contributed by atoms with Gasteiger partial charge in [-0.3, -0.25) is 32.5 Å². The summed E-state index contributed by atoms with van der Waals surface area (Å²) in [4.78, 5) is 88.7. The fourth-order valence-corrected chi connectivity index (χ4v) is 12.5. The molecule has 0 spiro atoms. The van der Waals surface area contributed by atoms with E-state index in [1.807, 2.05) is 6.08 Å². The monoisotopic (exact) mass is 1300 g/mol. The van der Waals surface area contributed by atoms with Gasteiger partial charge in [0.1, 0.15) is 36.3 Å². The average Bonchev–Trinajstić information content (AvgIpc) is 1.70. The number of rotatable bonds is 49. The second-order valence-electron chi connectivity index (χ2n) is 21.9. The van der Waals surface area contributed by atoms with E-state index in [2.05, 4.69) is 102 Å². The van der Waals surface area contributed by atoms with Crippen LogP contribution in [0.5, 0.6) is 0 Å². The van der Waals surface area contributed by atoms with Crippen LogP contribution in [0.2, 0.25) is 0 Å². The van der Waals surface area contributed by atoms with Crippen LogP contribution in [0.3, 0.4) is 0 Å². The molecule has 0 aromatic carbocycles. The highest BCUT2D eigenvalue weighted by Crippen LogP contribution is 2.61. The number of amides is 2. The zero-order chi connectivity index (χ0) is 63.8. The minimum absolute atomic E-state index is 0.0321. The first-order chi connectivity index (χ1) is 41.6. The third-order valence-corrected chi connectivity index (χ3v) is 17.8. The molecule has 2 amide bonds. The first kappa shape index (κ1) is 77.2. The lowest BCUT2D eigenvalue weighted by Crippen LogP contribution is -2.46. The molecule has 2 aromatic rings. The molecule has 7 atom stereocenters. The number of anilines is 1. The third kappa shape index (κ3) is 34.7. The second-order valence-corrected chi connectivity index (χ2v) is 27.3. The number of hydrogen-bond donors (Lipinski definition) is 9. The molecule has 10 N–H and O–H groups in total. The van der Waals surface area contributed by atoms with Crippen molar-refractivity contribution >= 4 is 69.1 Å². The Labute approximate surface area is 518 Å². The normalized spacial score (nSPS) is 18.8. The van der Waals surface area contributed by atoms with Gasteiger partial charge in [0.25, 0.3) is 0 Å². The number of imidazole rings is 1. The van der Waals surface area contributed by atoms with E-state index in [1.54, 1.807) is 6.08 Å². The number of phosphoric ester groups is 3. The molecule has 0 radical (unpaired) electrons. The summed E-state index contributed by atoms with van der Waals surface area (Å²) in [7, 11) is -16.4. The van der Waals surface area contributed by atoms with E-state index in [0.29, 0.717) is 5.75 Å². The number of carbonyl (C=O) groups is 3. The van der Waals surface area contributed by atoms with E-state index in [9.17, 15) is 57.9 Å². The van der Waals surface area contributed by atoms with Crippen molar-refractivity contribution < 1.29 is 80.5 Å². The van der Waals surface area contributed by atoms with Crippen LogP contribution < -0.4 is 16.4 Å². The van der Waals surface area contributed by atoms with E-state index in [-0.39, 0.29) is 41.6 Å². The van der Waals surface area contributed by atoms with Gasteiger partial charge < -0.3 is 50.9 Å². The summed E-state index contributed by atoms with van der Waals surface area (Å²) < 4.78 is 62.7. The highest BCUT2D eigenvalue weighted by Gasteiger charge is 2.50. The maximum absolute atomic E-state index is 12.8. The predicted octanol–water partition coefficient (Wildman–Crippen LogP) is 11.4. The average molecular weight is 1300 g/mol. The minimum Gasteiger partial charge on any atom is -0.386 e. The number of aliphatic hydroxyl groups excluding tert-OH is 2. The number of phosphoric acid groups is 3. The number of nitrogens with zero attached hydrogens (tertiary/aromatic N) is 4. The van der Waals surface area contributed by atoms with Crippen molar-refractivity contribution in [3.8, 4) is 0 Å². The van der Waals surface area contributed by atoms with E-state index >= 15 is 0 Å². The van der Waals surface area contributed by atoms with Crippen molar-refractivity contribution in [1.82, 2.24) is 30.2 Å². The molecule has 0 saturated carbocycles. The zero-order valence-electron chi connectivity index (χ0n) is 51.0. The molecule has 1 aliphatic rings. The fraction of sp³-hybridized carbons (Fsp3) is 0.661. The van der Waals surface area contributed by atoms with E-state index in [1.165, 1.54) is 117 Å². The standard InChI is InChI=1S/C59H98N7O17P3S/c1-4-5-6-7-8-9-10-11-12-13-14-15-16-17-18-19-20-21-22-23-24-25-26-27-28-29-30-31-32-33-34-35-36-37-38-39-50(68)87-43-42-61-49(67)40-41-62-57(71)54(70)59(2,3)45-80-86(77,78)83-85(75,76)79-44-48-53(82-84(72,73)74)52(69)58(81-48)66-47-65-51-55(60)63-46-64-56(51)66/h5-6,8-9,11-12,14-15,17-18,38-39,46-48,52-54,58,69-70H,4,7,10,13,16,19-37,40-45H2,1-3H3,(H,61,67)(H,62,71)(H,75,76)(H,77,78)(H2,60,63,64)(H2,72,73,74)/b6-5-,9-8-,12-11-,15-14-,18-17-,39-38+/t48-,52-,53-,54+,58-/m1/s1. The number of aromatic nitrogens is 4. The summed E-state index contributed by atoms with van der Waals surface area (Å²) in [5, 5.41) is 26.6. The number of thioether (sulfide) groups is 1. The second kappa shape index (κ2) is 43.7. The van der Waals surface area contributed by atoms with Gasteiger partial charge in [-0.05, 0) is 63.9 Å². The van der Waals surface area contributed by atoms with E-state index in [4.69, 9.17) is 19.5 Å². The molecule has 1 aliphatic heterocycles. The number of nitrogens with one attached hydrogen (secondary N) is 2. The zero-order valence-corrected chi connectivity index (χ0v) is 54.5. The molecule has 0 aliphatic carbocycles. The van der Waals surface area contributed by atoms with Crippen molar-refractivity contribution in [2.24, 2.45) is 5.41 Å². The van der Waals surface area contributed by atoms with Crippen LogP contribution in [0.15, 0.2) is 85.6 Å². The molecule has 1 fully saturated rings. The first-order valence-electron chi connectivity index (χ1n) is 30.5. The van der Waals surface area contributed by atoms with Crippen molar-refractivity contribution in [3.05, 3.63) is 85.6 Å². The van der Waals surface area contributed by atoms with Crippen LogP contribution in [-0.4, -0.2) is 123 Å². The van der Waals surface area contributed by atoms with Gasteiger partial charge in [0, 0.05) is 30.7 Å². The van der Waals surface area contributed by atoms with Crippen molar-refractivity contribution in [1.29, 1.82) is 0 Å². The Balaban J connectivity index is 1.13. The molecule has 24 nitrogen and oxygen atoms in total. The topological polar surface area (TPSA) is 364 Å². The number of aliphatic hydroxyl groups is 2. The summed E-state index contributed by atoms with van der Waals surface area (Å²) in [6.07, 6.45) is 48.2. The number of fused-ring (bicyclic) bond motifs is 1. The van der Waals surface area contributed by atoms with Gasteiger partial charge in [0.05, 0.1) is 19.5 Å². The Kier molecular flexibility index (Phi) is 38.8. The molecular weight excluding hydrogens is 1200 g/mol. The third-order valence-electron chi connectivity index (χ3n) is 13.9. The summed E-state index contributed by atoms with van der Waals surface area (Å²) in [5.41, 5.74) is 4.29. The number of nitrogens with two attached hydrogens (primary N) is 1. The lowest BCUT2D eigenvalue weighted by molar-refractivity contribution is -0.137. The Hall–Kier alpha value is -4.00. The van der Waals surface area contributed by atoms with Gasteiger partial charge in [-0.15, -0.1) is 0 Å². The van der Waals surface area contributed by atoms with Crippen molar-refractivity contribution in [2.45, 2.75) is 212 Å². The Morgan fingerprint density at radius 2 is 1.22 bits per heavy atom. The predicted molar refractivity (Wildman–Crippen MR) is 338 cm³/mol. The van der Waals surface area contributed by atoms with Crippen LogP contribution >= 0.6 is 35.2 Å².